The second-order valence-electron chi connectivity index (χ2n) is 3.29. The van der Waals surface area contributed by atoms with E-state index in [1.54, 1.807) is 6.20 Å². The number of aromatic nitrogens is 1. The minimum Gasteiger partial charge on any atom is -0.286 e. The van der Waals surface area contributed by atoms with E-state index >= 15 is 0 Å². The van der Waals surface area contributed by atoms with Crippen LogP contribution in [0.5, 0.6) is 0 Å². The fraction of sp³-hybridized carbons (Fsp3) is 0.167. The van der Waals surface area contributed by atoms with Crippen LogP contribution >= 0.6 is 27.3 Å². The number of carbonyl (C=O) groups excluding carboxylic acids is 1. The van der Waals surface area contributed by atoms with Crippen LogP contribution in [0.4, 0.5) is 0 Å². The fourth-order valence-electron chi connectivity index (χ4n) is 1.49. The van der Waals surface area contributed by atoms with Gasteiger partial charge in [-0.1, -0.05) is 13.0 Å². The molecule has 0 saturated carbocycles. The van der Waals surface area contributed by atoms with Crippen LogP contribution < -0.4 is 0 Å². The van der Waals surface area contributed by atoms with Crippen molar-refractivity contribution in [1.29, 1.82) is 0 Å². The third-order valence-corrected chi connectivity index (χ3v) is 4.15. The molecule has 0 bridgehead atoms. The van der Waals surface area contributed by atoms with E-state index in [4.69, 9.17) is 0 Å². The molecule has 0 N–H and O–H groups in total. The van der Waals surface area contributed by atoms with E-state index in [1.165, 1.54) is 11.3 Å². The molecule has 82 valence electrons. The molecule has 2 aromatic heterocycles. The van der Waals surface area contributed by atoms with Gasteiger partial charge < -0.3 is 0 Å². The Hall–Kier alpha value is -1.00. The van der Waals surface area contributed by atoms with E-state index in [2.05, 4.69) is 20.9 Å². The molecular weight excluding hydrogens is 286 g/mol. The highest BCUT2D eigenvalue weighted by atomic mass is 79.9. The fourth-order valence-corrected chi connectivity index (χ4v) is 2.98. The summed E-state index contributed by atoms with van der Waals surface area (Å²) < 4.78 is 0.843. The van der Waals surface area contributed by atoms with Crippen LogP contribution in [0.1, 0.15) is 27.9 Å². The van der Waals surface area contributed by atoms with Gasteiger partial charge in [0.1, 0.15) is 5.69 Å². The second-order valence-corrected chi connectivity index (χ2v) is 5.06. The number of hydrogen-bond acceptors (Lipinski definition) is 3. The lowest BCUT2D eigenvalue weighted by Gasteiger charge is -2.04. The molecule has 0 spiro atoms. The summed E-state index contributed by atoms with van der Waals surface area (Å²) >= 11 is 4.81. The quantitative estimate of drug-likeness (QED) is 0.808. The topological polar surface area (TPSA) is 30.0 Å². The predicted octanol–water partition coefficient (Wildman–Crippen LogP) is 3.70. The minimum absolute atomic E-state index is 0.000625. The highest BCUT2D eigenvalue weighted by Crippen LogP contribution is 2.25. The van der Waals surface area contributed by atoms with Gasteiger partial charge in [-0.2, -0.15) is 0 Å². The average Bonchev–Trinajstić information content (AvgIpc) is 2.74. The van der Waals surface area contributed by atoms with Crippen LogP contribution in [0.25, 0.3) is 0 Å². The zero-order valence-corrected chi connectivity index (χ0v) is 11.1. The van der Waals surface area contributed by atoms with Gasteiger partial charge in [0.2, 0.25) is 5.78 Å². The van der Waals surface area contributed by atoms with Crippen molar-refractivity contribution in [2.75, 3.05) is 0 Å². The van der Waals surface area contributed by atoms with E-state index < -0.39 is 0 Å². The van der Waals surface area contributed by atoms with E-state index in [1.807, 2.05) is 30.5 Å². The van der Waals surface area contributed by atoms with Crippen LogP contribution in [0.2, 0.25) is 0 Å². The van der Waals surface area contributed by atoms with Crippen molar-refractivity contribution >= 4 is 33.0 Å². The number of thiophene rings is 1. The lowest BCUT2D eigenvalue weighted by molar-refractivity contribution is 0.103. The number of rotatable bonds is 3. The number of aryl methyl sites for hydroxylation is 1. The summed E-state index contributed by atoms with van der Waals surface area (Å²) in [6.07, 6.45) is 2.48. The Morgan fingerprint density at radius 2 is 2.31 bits per heavy atom. The Morgan fingerprint density at radius 1 is 1.50 bits per heavy atom. The zero-order chi connectivity index (χ0) is 11.5. The Bertz CT molecular complexity index is 521. The second kappa shape index (κ2) is 4.89. The summed E-state index contributed by atoms with van der Waals surface area (Å²) in [4.78, 5) is 17.1. The molecule has 0 radical (unpaired) electrons. The molecule has 0 aliphatic carbocycles. The molecule has 0 fully saturated rings. The van der Waals surface area contributed by atoms with Gasteiger partial charge in [-0.05, 0) is 45.4 Å². The lowest BCUT2D eigenvalue weighted by Crippen LogP contribution is -2.06. The molecule has 2 nitrogen and oxygen atoms in total. The third kappa shape index (κ3) is 2.08. The Morgan fingerprint density at radius 3 is 2.94 bits per heavy atom. The van der Waals surface area contributed by atoms with Crippen LogP contribution in [-0.2, 0) is 6.42 Å². The molecule has 0 atom stereocenters. The lowest BCUT2D eigenvalue weighted by atomic mass is 10.1. The first-order valence-corrected chi connectivity index (χ1v) is 6.63. The standard InChI is InChI=1S/C12H10BrNOS/c1-2-8-4-3-6-14-10(8)11(15)12-9(13)5-7-16-12/h3-7H,2H2,1H3. The number of pyridine rings is 1. The molecule has 0 aliphatic rings. The number of ketones is 1. The molecule has 0 saturated heterocycles. The third-order valence-electron chi connectivity index (χ3n) is 2.31. The first-order valence-electron chi connectivity index (χ1n) is 4.95. The van der Waals surface area contributed by atoms with Crippen molar-refractivity contribution in [1.82, 2.24) is 4.98 Å². The summed E-state index contributed by atoms with van der Waals surface area (Å²) in [5.74, 6) is -0.000625. The highest BCUT2D eigenvalue weighted by Gasteiger charge is 2.17. The van der Waals surface area contributed by atoms with E-state index in [9.17, 15) is 4.79 Å². The molecule has 0 unspecified atom stereocenters. The maximum atomic E-state index is 12.2. The van der Waals surface area contributed by atoms with Crippen LogP contribution in [0, 0.1) is 0 Å². The van der Waals surface area contributed by atoms with Crippen molar-refractivity contribution in [2.45, 2.75) is 13.3 Å². The van der Waals surface area contributed by atoms with Crippen LogP contribution in [0.15, 0.2) is 34.2 Å². The van der Waals surface area contributed by atoms with Crippen molar-refractivity contribution in [3.05, 3.63) is 50.4 Å². The van der Waals surface area contributed by atoms with Gasteiger partial charge in [0.25, 0.3) is 0 Å². The van der Waals surface area contributed by atoms with Crippen molar-refractivity contribution < 1.29 is 4.79 Å². The molecule has 0 aromatic carbocycles. The smallest absolute Gasteiger partial charge is 0.222 e. The van der Waals surface area contributed by atoms with Crippen molar-refractivity contribution in [3.8, 4) is 0 Å². The summed E-state index contributed by atoms with van der Waals surface area (Å²) in [6, 6.07) is 5.69. The van der Waals surface area contributed by atoms with Gasteiger partial charge in [0.05, 0.1) is 4.88 Å². The number of nitrogens with zero attached hydrogens (tertiary/aromatic N) is 1. The summed E-state index contributed by atoms with van der Waals surface area (Å²) in [7, 11) is 0. The van der Waals surface area contributed by atoms with E-state index in [0.29, 0.717) is 10.6 Å². The molecule has 0 amide bonds. The first-order chi connectivity index (χ1) is 7.74. The number of halogens is 1. The maximum absolute atomic E-state index is 12.2. The summed E-state index contributed by atoms with van der Waals surface area (Å²) in [6.45, 7) is 2.03. The van der Waals surface area contributed by atoms with Crippen LogP contribution in [-0.4, -0.2) is 10.8 Å². The highest BCUT2D eigenvalue weighted by molar-refractivity contribution is 9.10. The average molecular weight is 296 g/mol. The summed E-state index contributed by atoms with van der Waals surface area (Å²) in [5.41, 5.74) is 1.56. The van der Waals surface area contributed by atoms with Gasteiger partial charge in [0, 0.05) is 10.7 Å². The normalized spacial score (nSPS) is 10.4. The first kappa shape index (κ1) is 11.5. The van der Waals surface area contributed by atoms with Gasteiger partial charge in [-0.25, -0.2) is 0 Å². The Labute approximate surface area is 106 Å². The summed E-state index contributed by atoms with van der Waals surface area (Å²) in [5, 5.41) is 1.89. The van der Waals surface area contributed by atoms with Crippen molar-refractivity contribution in [2.24, 2.45) is 0 Å². The molecule has 2 heterocycles. The SMILES string of the molecule is CCc1cccnc1C(=O)c1sccc1Br. The minimum atomic E-state index is -0.000625. The van der Waals surface area contributed by atoms with Crippen molar-refractivity contribution in [3.63, 3.8) is 0 Å². The van der Waals surface area contributed by atoms with E-state index in [0.717, 1.165) is 16.5 Å². The van der Waals surface area contributed by atoms with Gasteiger partial charge in [-0.3, -0.25) is 9.78 Å². The molecule has 2 rings (SSSR count). The Kier molecular flexibility index (Phi) is 3.51. The zero-order valence-electron chi connectivity index (χ0n) is 8.74. The molecule has 4 heteroatoms. The molecule has 16 heavy (non-hydrogen) atoms. The number of hydrogen-bond donors (Lipinski definition) is 0. The predicted molar refractivity (Wildman–Crippen MR) is 69.1 cm³/mol. The molecular formula is C12H10BrNOS. The van der Waals surface area contributed by atoms with Gasteiger partial charge in [-0.15, -0.1) is 11.3 Å². The number of carbonyl (C=O) groups is 1. The Balaban J connectivity index is 2.46. The monoisotopic (exact) mass is 295 g/mol. The maximum Gasteiger partial charge on any atom is 0.222 e. The largest absolute Gasteiger partial charge is 0.286 e. The van der Waals surface area contributed by atoms with E-state index in [-0.39, 0.29) is 5.78 Å². The van der Waals surface area contributed by atoms with Gasteiger partial charge in [0.15, 0.2) is 0 Å². The molecule has 0 aliphatic heterocycles. The molecule has 2 aromatic rings. The van der Waals surface area contributed by atoms with Gasteiger partial charge >= 0.3 is 0 Å². The van der Waals surface area contributed by atoms with Crippen LogP contribution in [0.3, 0.4) is 0 Å².